The van der Waals surface area contributed by atoms with E-state index in [1.807, 2.05) is 0 Å². The van der Waals surface area contributed by atoms with Crippen LogP contribution in [0.3, 0.4) is 0 Å². The van der Waals surface area contributed by atoms with Gasteiger partial charge in [0.15, 0.2) is 0 Å². The Morgan fingerprint density at radius 3 is 1.50 bits per heavy atom. The van der Waals surface area contributed by atoms with Crippen molar-refractivity contribution in [1.29, 1.82) is 0 Å². The van der Waals surface area contributed by atoms with Crippen molar-refractivity contribution in [2.75, 3.05) is 14.2 Å². The van der Waals surface area contributed by atoms with Crippen LogP contribution in [0.1, 0.15) is 38.5 Å². The lowest BCUT2D eigenvalue weighted by Gasteiger charge is -2.26. The zero-order chi connectivity index (χ0) is 8.81. The van der Waals surface area contributed by atoms with E-state index < -0.39 is 0 Å². The van der Waals surface area contributed by atoms with Crippen molar-refractivity contribution in [2.45, 2.75) is 50.7 Å². The average Bonchev–Trinajstić information content (AvgIpc) is 2.05. The molecule has 0 spiro atoms. The Morgan fingerprint density at radius 1 is 0.750 bits per heavy atom. The van der Waals surface area contributed by atoms with Gasteiger partial charge in [0, 0.05) is 14.2 Å². The summed E-state index contributed by atoms with van der Waals surface area (Å²) in [5.41, 5.74) is 0. The minimum absolute atomic E-state index is 0.329. The van der Waals surface area contributed by atoms with Crippen LogP contribution in [0.2, 0.25) is 0 Å². The van der Waals surface area contributed by atoms with E-state index in [9.17, 15) is 0 Å². The molecule has 1 fully saturated rings. The molecular weight excluding hydrogens is 152 g/mol. The van der Waals surface area contributed by atoms with Gasteiger partial charge < -0.3 is 9.47 Å². The van der Waals surface area contributed by atoms with Crippen LogP contribution >= 0.6 is 0 Å². The van der Waals surface area contributed by atoms with Crippen LogP contribution in [0.4, 0.5) is 0 Å². The molecule has 12 heavy (non-hydrogen) atoms. The van der Waals surface area contributed by atoms with Crippen molar-refractivity contribution >= 4 is 0 Å². The van der Waals surface area contributed by atoms with Gasteiger partial charge in [0.2, 0.25) is 0 Å². The third-order valence-corrected chi connectivity index (χ3v) is 2.75. The predicted octanol–water partition coefficient (Wildman–Crippen LogP) is 2.37. The topological polar surface area (TPSA) is 18.5 Å². The number of ether oxygens (including phenoxy) is 2. The standard InChI is InChI=1S/C10H20O2/c1-11-9-7-5-3-4-6-8-10(9)12-2/h9-10H,3-8H2,1-2H3. The summed E-state index contributed by atoms with van der Waals surface area (Å²) in [6.07, 6.45) is 8.28. The van der Waals surface area contributed by atoms with E-state index in [1.54, 1.807) is 14.2 Å². The predicted molar refractivity (Wildman–Crippen MR) is 49.3 cm³/mol. The van der Waals surface area contributed by atoms with Crippen LogP contribution in [-0.4, -0.2) is 26.4 Å². The molecule has 1 aliphatic rings. The molecule has 2 nitrogen and oxygen atoms in total. The van der Waals surface area contributed by atoms with Crippen LogP contribution in [-0.2, 0) is 9.47 Å². The smallest absolute Gasteiger partial charge is 0.0832 e. The minimum Gasteiger partial charge on any atom is -0.379 e. The molecule has 0 aromatic heterocycles. The largest absolute Gasteiger partial charge is 0.379 e. The molecule has 0 N–H and O–H groups in total. The number of hydrogen-bond acceptors (Lipinski definition) is 2. The molecule has 1 aliphatic carbocycles. The van der Waals surface area contributed by atoms with Crippen molar-refractivity contribution in [2.24, 2.45) is 0 Å². The monoisotopic (exact) mass is 172 g/mol. The Morgan fingerprint density at radius 2 is 1.17 bits per heavy atom. The normalized spacial score (nSPS) is 32.5. The lowest BCUT2D eigenvalue weighted by Crippen LogP contribution is -2.30. The van der Waals surface area contributed by atoms with Gasteiger partial charge in [-0.1, -0.05) is 25.7 Å². The van der Waals surface area contributed by atoms with Crippen LogP contribution < -0.4 is 0 Å². The van der Waals surface area contributed by atoms with Crippen LogP contribution in [0.15, 0.2) is 0 Å². The van der Waals surface area contributed by atoms with Crippen molar-refractivity contribution in [3.8, 4) is 0 Å². The quantitative estimate of drug-likeness (QED) is 0.636. The Hall–Kier alpha value is -0.0800. The first-order valence-electron chi connectivity index (χ1n) is 4.94. The van der Waals surface area contributed by atoms with Gasteiger partial charge in [-0.25, -0.2) is 0 Å². The number of hydrogen-bond donors (Lipinski definition) is 0. The molecule has 0 radical (unpaired) electrons. The molecule has 0 aromatic rings. The van der Waals surface area contributed by atoms with Crippen molar-refractivity contribution < 1.29 is 9.47 Å². The summed E-state index contributed by atoms with van der Waals surface area (Å²) in [7, 11) is 3.58. The molecule has 1 saturated carbocycles. The summed E-state index contributed by atoms with van der Waals surface area (Å²) < 4.78 is 10.8. The van der Waals surface area contributed by atoms with Crippen LogP contribution in [0.25, 0.3) is 0 Å². The fraction of sp³-hybridized carbons (Fsp3) is 1.00. The Kier molecular flexibility index (Phi) is 4.62. The average molecular weight is 172 g/mol. The molecule has 2 heteroatoms. The highest BCUT2D eigenvalue weighted by atomic mass is 16.5. The molecule has 0 heterocycles. The second-order valence-corrected chi connectivity index (χ2v) is 3.54. The summed E-state index contributed by atoms with van der Waals surface area (Å²) in [5, 5.41) is 0. The fourth-order valence-electron chi connectivity index (χ4n) is 1.96. The highest BCUT2D eigenvalue weighted by molar-refractivity contribution is 4.72. The minimum atomic E-state index is 0.329. The zero-order valence-electron chi connectivity index (χ0n) is 8.21. The van der Waals surface area contributed by atoms with E-state index in [-0.39, 0.29) is 0 Å². The molecule has 1 rings (SSSR count). The highest BCUT2D eigenvalue weighted by Crippen LogP contribution is 2.21. The van der Waals surface area contributed by atoms with E-state index in [1.165, 1.54) is 25.7 Å². The second kappa shape index (κ2) is 5.55. The van der Waals surface area contributed by atoms with Gasteiger partial charge in [0.1, 0.15) is 0 Å². The van der Waals surface area contributed by atoms with E-state index in [2.05, 4.69) is 0 Å². The SMILES string of the molecule is COC1CCCCCCC1OC. The van der Waals surface area contributed by atoms with Gasteiger partial charge >= 0.3 is 0 Å². The zero-order valence-corrected chi connectivity index (χ0v) is 8.21. The van der Waals surface area contributed by atoms with Gasteiger partial charge in [-0.3, -0.25) is 0 Å². The summed E-state index contributed by atoms with van der Waals surface area (Å²) in [5.74, 6) is 0. The highest BCUT2D eigenvalue weighted by Gasteiger charge is 2.21. The summed E-state index contributed by atoms with van der Waals surface area (Å²) in [6.45, 7) is 0. The van der Waals surface area contributed by atoms with Gasteiger partial charge in [-0.2, -0.15) is 0 Å². The summed E-state index contributed by atoms with van der Waals surface area (Å²) in [4.78, 5) is 0. The van der Waals surface area contributed by atoms with Crippen LogP contribution in [0.5, 0.6) is 0 Å². The molecule has 0 saturated heterocycles. The summed E-state index contributed by atoms with van der Waals surface area (Å²) in [6, 6.07) is 0. The van der Waals surface area contributed by atoms with Gasteiger partial charge in [-0.05, 0) is 12.8 Å². The van der Waals surface area contributed by atoms with Gasteiger partial charge in [-0.15, -0.1) is 0 Å². The molecule has 2 unspecified atom stereocenters. The molecule has 0 bridgehead atoms. The lowest BCUT2D eigenvalue weighted by molar-refractivity contribution is -0.0481. The van der Waals surface area contributed by atoms with E-state index in [4.69, 9.17) is 9.47 Å². The van der Waals surface area contributed by atoms with Crippen molar-refractivity contribution in [1.82, 2.24) is 0 Å². The maximum Gasteiger partial charge on any atom is 0.0832 e. The molecule has 0 amide bonds. The number of methoxy groups -OCH3 is 2. The maximum absolute atomic E-state index is 5.41. The van der Waals surface area contributed by atoms with Gasteiger partial charge in [0.05, 0.1) is 12.2 Å². The second-order valence-electron chi connectivity index (χ2n) is 3.54. The maximum atomic E-state index is 5.41. The van der Waals surface area contributed by atoms with Gasteiger partial charge in [0.25, 0.3) is 0 Å². The summed E-state index contributed by atoms with van der Waals surface area (Å²) >= 11 is 0. The molecule has 0 aliphatic heterocycles. The Balaban J connectivity index is 2.39. The van der Waals surface area contributed by atoms with Crippen molar-refractivity contribution in [3.63, 3.8) is 0 Å². The molecule has 72 valence electrons. The first-order chi connectivity index (χ1) is 5.88. The van der Waals surface area contributed by atoms with Crippen LogP contribution in [0, 0.1) is 0 Å². The lowest BCUT2D eigenvalue weighted by atomic mass is 9.96. The first-order valence-corrected chi connectivity index (χ1v) is 4.94. The van der Waals surface area contributed by atoms with E-state index in [0.29, 0.717) is 12.2 Å². The molecule has 0 aromatic carbocycles. The van der Waals surface area contributed by atoms with Crippen molar-refractivity contribution in [3.05, 3.63) is 0 Å². The Labute approximate surface area is 75.2 Å². The van der Waals surface area contributed by atoms with E-state index in [0.717, 1.165) is 12.8 Å². The third kappa shape index (κ3) is 2.76. The Bertz CT molecular complexity index is 100. The third-order valence-electron chi connectivity index (χ3n) is 2.75. The fourth-order valence-corrected chi connectivity index (χ4v) is 1.96. The first kappa shape index (κ1) is 10.0. The number of rotatable bonds is 2. The molecular formula is C10H20O2. The van der Waals surface area contributed by atoms with E-state index >= 15 is 0 Å². The molecule has 2 atom stereocenters.